The van der Waals surface area contributed by atoms with Gasteiger partial charge in [-0.3, -0.25) is 4.79 Å². The molecule has 0 unspecified atom stereocenters. The van der Waals surface area contributed by atoms with Gasteiger partial charge in [0.05, 0.1) is 13.2 Å². The summed E-state index contributed by atoms with van der Waals surface area (Å²) in [5, 5.41) is 3.42. The molecule has 2 saturated carbocycles. The number of amides is 1. The molecule has 20 heavy (non-hydrogen) atoms. The van der Waals surface area contributed by atoms with Crippen molar-refractivity contribution >= 4 is 5.91 Å². The summed E-state index contributed by atoms with van der Waals surface area (Å²) in [6.45, 7) is 11.1. The highest BCUT2D eigenvalue weighted by molar-refractivity contribution is 5.78. The van der Waals surface area contributed by atoms with Crippen molar-refractivity contribution < 1.29 is 14.4 Å². The Labute approximate surface area is 122 Å². The molecule has 4 heteroatoms. The summed E-state index contributed by atoms with van der Waals surface area (Å²) in [6, 6.07) is 0. The summed E-state index contributed by atoms with van der Waals surface area (Å²) in [5.41, 5.74) is 0.213. The van der Waals surface area contributed by atoms with Crippen LogP contribution in [0.15, 0.2) is 0 Å². The molecule has 0 spiro atoms. The van der Waals surface area contributed by atoms with Crippen LogP contribution in [-0.4, -0.2) is 44.3 Å². The van der Waals surface area contributed by atoms with Crippen LogP contribution in [0.2, 0.25) is 0 Å². The van der Waals surface area contributed by atoms with Gasteiger partial charge in [0.25, 0.3) is 5.91 Å². The summed E-state index contributed by atoms with van der Waals surface area (Å²) in [5.74, 6) is 1.68. The molecule has 3 atom stereocenters. The molecule has 0 aromatic rings. The molecule has 0 aromatic carbocycles. The lowest BCUT2D eigenvalue weighted by atomic mass is 9.64. The average molecular weight is 281 g/mol. The molecule has 1 aliphatic heterocycles. The van der Waals surface area contributed by atoms with Gasteiger partial charge in [0, 0.05) is 5.54 Å². The Morgan fingerprint density at radius 1 is 1.20 bits per heavy atom. The molecule has 2 bridgehead atoms. The van der Waals surface area contributed by atoms with Crippen LogP contribution in [0.1, 0.15) is 40.0 Å². The van der Waals surface area contributed by atoms with Gasteiger partial charge in [0.15, 0.2) is 6.54 Å². The Hall–Kier alpha value is -0.610. The van der Waals surface area contributed by atoms with Gasteiger partial charge in [-0.05, 0) is 43.4 Å². The molecule has 3 fully saturated rings. The number of ether oxygens (including phenoxy) is 1. The van der Waals surface area contributed by atoms with Gasteiger partial charge in [0.2, 0.25) is 0 Å². The molecule has 0 radical (unpaired) electrons. The minimum atomic E-state index is -0.0152. The second kappa shape index (κ2) is 4.99. The first-order valence-electron chi connectivity index (χ1n) is 8.16. The number of rotatable bonds is 3. The van der Waals surface area contributed by atoms with E-state index in [-0.39, 0.29) is 16.9 Å². The van der Waals surface area contributed by atoms with Crippen molar-refractivity contribution in [1.29, 1.82) is 0 Å². The van der Waals surface area contributed by atoms with E-state index in [1.165, 1.54) is 24.2 Å². The fourth-order valence-electron chi connectivity index (χ4n) is 4.77. The van der Waals surface area contributed by atoms with E-state index >= 15 is 0 Å². The number of hydrogen-bond acceptors (Lipinski definition) is 2. The first-order chi connectivity index (χ1) is 9.43. The second-order valence-corrected chi connectivity index (χ2v) is 7.72. The summed E-state index contributed by atoms with van der Waals surface area (Å²) < 4.78 is 5.36. The maximum Gasteiger partial charge on any atom is 0.275 e. The zero-order valence-electron chi connectivity index (χ0n) is 13.1. The second-order valence-electron chi connectivity index (χ2n) is 7.72. The maximum absolute atomic E-state index is 12.5. The first kappa shape index (κ1) is 14.3. The van der Waals surface area contributed by atoms with Crippen molar-refractivity contribution in [1.82, 2.24) is 5.32 Å². The Morgan fingerprint density at radius 3 is 2.45 bits per heavy atom. The zero-order valence-corrected chi connectivity index (χ0v) is 13.1. The third kappa shape index (κ3) is 2.17. The van der Waals surface area contributed by atoms with E-state index in [4.69, 9.17) is 4.74 Å². The lowest BCUT2D eigenvalue weighted by Gasteiger charge is -2.48. The van der Waals surface area contributed by atoms with E-state index in [1.807, 2.05) is 0 Å². The molecule has 2 aliphatic carbocycles. The number of carbonyl (C=O) groups excluding carboxylic acids is 1. The number of hydrogen-bond donors (Lipinski definition) is 2. The lowest BCUT2D eigenvalue weighted by Crippen LogP contribution is -3.15. The van der Waals surface area contributed by atoms with Gasteiger partial charge in [-0.15, -0.1) is 0 Å². The van der Waals surface area contributed by atoms with Crippen LogP contribution in [0.4, 0.5) is 0 Å². The van der Waals surface area contributed by atoms with Crippen LogP contribution < -0.4 is 10.2 Å². The number of morpholine rings is 1. The van der Waals surface area contributed by atoms with Gasteiger partial charge in [-0.2, -0.15) is 0 Å². The highest BCUT2D eigenvalue weighted by Crippen LogP contribution is 2.61. The molecule has 2 N–H and O–H groups in total. The highest BCUT2D eigenvalue weighted by Gasteiger charge is 2.60. The SMILES string of the molecule is CC1(C)[C@@H]2CC[C@@H](C2)[C@@]1(C)NC(=O)C[NH+]1CCOCC1. The Kier molecular flexibility index (Phi) is 3.57. The van der Waals surface area contributed by atoms with Crippen molar-refractivity contribution in [3.05, 3.63) is 0 Å². The molecular formula is C16H29N2O2+. The van der Waals surface area contributed by atoms with Crippen molar-refractivity contribution in [3.63, 3.8) is 0 Å². The summed E-state index contributed by atoms with van der Waals surface area (Å²) in [4.78, 5) is 13.8. The van der Waals surface area contributed by atoms with Gasteiger partial charge in [0.1, 0.15) is 13.1 Å². The van der Waals surface area contributed by atoms with Crippen LogP contribution in [0.25, 0.3) is 0 Å². The molecule has 3 aliphatic rings. The maximum atomic E-state index is 12.5. The lowest BCUT2D eigenvalue weighted by molar-refractivity contribution is -0.900. The molecule has 114 valence electrons. The third-order valence-electron chi connectivity index (χ3n) is 6.62. The largest absolute Gasteiger partial charge is 0.370 e. The molecular weight excluding hydrogens is 252 g/mol. The van der Waals surface area contributed by atoms with Crippen molar-refractivity contribution in [2.24, 2.45) is 17.3 Å². The van der Waals surface area contributed by atoms with Crippen LogP contribution in [0, 0.1) is 17.3 Å². The minimum Gasteiger partial charge on any atom is -0.370 e. The predicted octanol–water partition coefficient (Wildman–Crippen LogP) is 0.233. The van der Waals surface area contributed by atoms with E-state index in [9.17, 15) is 4.79 Å². The van der Waals surface area contributed by atoms with Crippen molar-refractivity contribution in [3.8, 4) is 0 Å². The third-order valence-corrected chi connectivity index (χ3v) is 6.62. The van der Waals surface area contributed by atoms with Gasteiger partial charge in [-0.25, -0.2) is 0 Å². The van der Waals surface area contributed by atoms with Gasteiger partial charge >= 0.3 is 0 Å². The van der Waals surface area contributed by atoms with E-state index in [0.29, 0.717) is 12.5 Å². The summed E-state index contributed by atoms with van der Waals surface area (Å²) in [7, 11) is 0. The van der Waals surface area contributed by atoms with Crippen LogP contribution >= 0.6 is 0 Å². The normalized spacial score (nSPS) is 40.0. The van der Waals surface area contributed by atoms with Crippen LogP contribution in [0.5, 0.6) is 0 Å². The topological polar surface area (TPSA) is 42.8 Å². The Bertz CT molecular complexity index is 390. The Morgan fingerprint density at radius 2 is 1.85 bits per heavy atom. The predicted molar refractivity (Wildman–Crippen MR) is 77.5 cm³/mol. The molecule has 3 rings (SSSR count). The molecule has 1 amide bonds. The summed E-state index contributed by atoms with van der Waals surface area (Å²) >= 11 is 0. The van der Waals surface area contributed by atoms with Crippen LogP contribution in [0.3, 0.4) is 0 Å². The van der Waals surface area contributed by atoms with Crippen molar-refractivity contribution in [2.75, 3.05) is 32.8 Å². The fourth-order valence-corrected chi connectivity index (χ4v) is 4.77. The highest BCUT2D eigenvalue weighted by atomic mass is 16.5. The van der Waals surface area contributed by atoms with Gasteiger partial charge in [-0.1, -0.05) is 13.8 Å². The monoisotopic (exact) mass is 281 g/mol. The molecule has 4 nitrogen and oxygen atoms in total. The van der Waals surface area contributed by atoms with E-state index in [0.717, 1.165) is 32.2 Å². The standard InChI is InChI=1S/C16H28N2O2/c1-15(2)12-4-5-13(10-12)16(15,3)17-14(19)11-18-6-8-20-9-7-18/h12-13H,4-11H2,1-3H3,(H,17,19)/p+1/t12-,13+,16-/m1/s1. The number of quaternary nitrogens is 1. The first-order valence-corrected chi connectivity index (χ1v) is 8.16. The molecule has 1 saturated heterocycles. The smallest absolute Gasteiger partial charge is 0.275 e. The summed E-state index contributed by atoms with van der Waals surface area (Å²) in [6.07, 6.45) is 3.93. The number of nitrogens with one attached hydrogen (secondary N) is 2. The molecule has 1 heterocycles. The van der Waals surface area contributed by atoms with E-state index in [2.05, 4.69) is 26.1 Å². The van der Waals surface area contributed by atoms with Crippen LogP contribution in [-0.2, 0) is 9.53 Å². The number of fused-ring (bicyclic) bond motifs is 2. The van der Waals surface area contributed by atoms with Crippen molar-refractivity contribution in [2.45, 2.75) is 45.6 Å². The van der Waals surface area contributed by atoms with Gasteiger partial charge < -0.3 is 15.0 Å². The quantitative estimate of drug-likeness (QED) is 0.778. The molecule has 0 aromatic heterocycles. The average Bonchev–Trinajstić information content (AvgIpc) is 2.94. The Balaban J connectivity index is 1.63. The minimum absolute atomic E-state index is 0.0152. The van der Waals surface area contributed by atoms with E-state index < -0.39 is 0 Å². The zero-order chi connectivity index (χ0) is 14.4. The van der Waals surface area contributed by atoms with E-state index in [1.54, 1.807) is 0 Å². The number of carbonyl (C=O) groups is 1. The fraction of sp³-hybridized carbons (Fsp3) is 0.938.